The third-order valence-electron chi connectivity index (χ3n) is 6.08. The van der Waals surface area contributed by atoms with Crippen molar-refractivity contribution in [2.45, 2.75) is 45.0 Å². The Bertz CT molecular complexity index is 927. The number of rotatable bonds is 4. The Balaban J connectivity index is 1.91. The highest BCUT2D eigenvalue weighted by atomic mass is 19.4. The van der Waals surface area contributed by atoms with Crippen molar-refractivity contribution in [1.29, 1.82) is 0 Å². The molecule has 2 N–H and O–H groups in total. The second-order valence-corrected chi connectivity index (χ2v) is 9.92. The highest BCUT2D eigenvalue weighted by Crippen LogP contribution is 2.45. The second-order valence-electron chi connectivity index (χ2n) is 9.92. The van der Waals surface area contributed by atoms with Crippen molar-refractivity contribution in [1.82, 2.24) is 9.80 Å². The van der Waals surface area contributed by atoms with E-state index in [0.29, 0.717) is 51.4 Å². The fourth-order valence-corrected chi connectivity index (χ4v) is 4.35. The van der Waals surface area contributed by atoms with Crippen LogP contribution < -0.4 is 10.6 Å². The Labute approximate surface area is 199 Å². The van der Waals surface area contributed by atoms with Gasteiger partial charge in [0.15, 0.2) is 0 Å². The van der Waals surface area contributed by atoms with Gasteiger partial charge in [-0.3, -0.25) is 4.90 Å². The summed E-state index contributed by atoms with van der Waals surface area (Å²) in [6, 6.07) is 2.82. The van der Waals surface area contributed by atoms with Crippen LogP contribution in [0.1, 0.15) is 38.3 Å². The molecule has 0 bridgehead atoms. The number of carbonyl (C=O) groups excluding carboxylic acids is 1. The van der Waals surface area contributed by atoms with Crippen LogP contribution in [-0.4, -0.2) is 81.0 Å². The van der Waals surface area contributed by atoms with Crippen LogP contribution in [0.2, 0.25) is 0 Å². The summed E-state index contributed by atoms with van der Waals surface area (Å²) in [6.07, 6.45) is -2.93. The third-order valence-corrected chi connectivity index (χ3v) is 6.08. The smallest absolute Gasteiger partial charge is 0.419 e. The Morgan fingerprint density at radius 3 is 2.56 bits per heavy atom. The first-order valence-electron chi connectivity index (χ1n) is 11.4. The lowest BCUT2D eigenvalue weighted by Crippen LogP contribution is -2.56. The van der Waals surface area contributed by atoms with E-state index in [2.05, 4.69) is 0 Å². The van der Waals surface area contributed by atoms with E-state index in [4.69, 9.17) is 15.2 Å². The lowest BCUT2D eigenvalue weighted by atomic mass is 9.93. The van der Waals surface area contributed by atoms with Crippen LogP contribution >= 0.6 is 0 Å². The number of anilines is 2. The molecule has 0 unspecified atom stereocenters. The molecule has 34 heavy (non-hydrogen) atoms. The first kappa shape index (κ1) is 26.2. The Morgan fingerprint density at radius 1 is 1.26 bits per heavy atom. The number of likely N-dealkylation sites (N-methyl/N-ethyl adjacent to an activating group) is 2. The second kappa shape index (κ2) is 10.0. The molecule has 2 aliphatic heterocycles. The molecule has 1 atom stereocenters. The summed E-state index contributed by atoms with van der Waals surface area (Å²) in [5.41, 5.74) is 5.70. The maximum Gasteiger partial charge on any atom is 0.419 e. The number of benzene rings is 1. The van der Waals surface area contributed by atoms with Gasteiger partial charge in [0, 0.05) is 39.3 Å². The molecule has 1 amide bonds. The molecule has 190 valence electrons. The van der Waals surface area contributed by atoms with Crippen molar-refractivity contribution in [3.8, 4) is 0 Å². The topological polar surface area (TPSA) is 71.3 Å². The zero-order valence-corrected chi connectivity index (χ0v) is 20.5. The standard InChI is InChI=1S/C24H35F3N4O3/c1-23(2,3)34-22(32)30(5)14-17-15-31(11-10-29(17)4)21-19(28)7-6-18(20(21)24(25,26)27)16-8-12-33-13-9-16/h6-8,17H,9-15,28H2,1-5H3/t17-/m0/s1. The summed E-state index contributed by atoms with van der Waals surface area (Å²) in [7, 11) is 3.54. The highest BCUT2D eigenvalue weighted by Gasteiger charge is 2.41. The number of hydrogen-bond donors (Lipinski definition) is 1. The fourth-order valence-electron chi connectivity index (χ4n) is 4.35. The van der Waals surface area contributed by atoms with Crippen LogP contribution in [0.15, 0.2) is 18.2 Å². The lowest BCUT2D eigenvalue weighted by Gasteiger charge is -2.43. The molecule has 1 aromatic carbocycles. The molecular formula is C24H35F3N4O3. The predicted octanol–water partition coefficient (Wildman–Crippen LogP) is 4.08. The number of carbonyl (C=O) groups is 1. The molecule has 2 heterocycles. The summed E-state index contributed by atoms with van der Waals surface area (Å²) < 4.78 is 54.0. The zero-order valence-electron chi connectivity index (χ0n) is 20.5. The van der Waals surface area contributed by atoms with Crippen molar-refractivity contribution in [2.75, 3.05) is 64.1 Å². The summed E-state index contributed by atoms with van der Waals surface area (Å²) in [6.45, 7) is 7.57. The number of piperazine rings is 1. The summed E-state index contributed by atoms with van der Waals surface area (Å²) in [4.78, 5) is 17.7. The normalized spacial score (nSPS) is 20.2. The van der Waals surface area contributed by atoms with E-state index in [1.807, 2.05) is 11.9 Å². The molecule has 1 saturated heterocycles. The van der Waals surface area contributed by atoms with E-state index >= 15 is 0 Å². The van der Waals surface area contributed by atoms with Crippen molar-refractivity contribution in [3.05, 3.63) is 29.3 Å². The van der Waals surface area contributed by atoms with Gasteiger partial charge < -0.3 is 25.0 Å². The SMILES string of the molecule is CN(C[C@H]1CN(c2c(N)ccc(C3=CCOCC3)c2C(F)(F)F)CCN1C)C(=O)OC(C)(C)C. The van der Waals surface area contributed by atoms with Gasteiger partial charge in [-0.25, -0.2) is 4.79 Å². The van der Waals surface area contributed by atoms with Crippen LogP contribution in [0.3, 0.4) is 0 Å². The maximum atomic E-state index is 14.4. The van der Waals surface area contributed by atoms with Crippen LogP contribution in [0.25, 0.3) is 5.57 Å². The number of amides is 1. The van der Waals surface area contributed by atoms with Crippen LogP contribution in [0.4, 0.5) is 29.3 Å². The van der Waals surface area contributed by atoms with Gasteiger partial charge in [0.2, 0.25) is 0 Å². The van der Waals surface area contributed by atoms with Gasteiger partial charge >= 0.3 is 12.3 Å². The van der Waals surface area contributed by atoms with Crippen molar-refractivity contribution >= 4 is 23.0 Å². The Hall–Kier alpha value is -2.46. The fraction of sp³-hybridized carbons (Fsp3) is 0.625. The number of hydrogen-bond acceptors (Lipinski definition) is 6. The minimum atomic E-state index is -4.58. The predicted molar refractivity (Wildman–Crippen MR) is 127 cm³/mol. The third kappa shape index (κ3) is 6.15. The van der Waals surface area contributed by atoms with Gasteiger partial charge in [-0.05, 0) is 51.4 Å². The van der Waals surface area contributed by atoms with Gasteiger partial charge in [0.05, 0.1) is 30.2 Å². The first-order chi connectivity index (χ1) is 15.8. The van der Waals surface area contributed by atoms with Crippen molar-refractivity contribution in [2.24, 2.45) is 0 Å². The van der Waals surface area contributed by atoms with E-state index in [1.165, 1.54) is 11.0 Å². The van der Waals surface area contributed by atoms with Gasteiger partial charge in [0.25, 0.3) is 0 Å². The number of halogens is 3. The van der Waals surface area contributed by atoms with E-state index < -0.39 is 23.4 Å². The first-order valence-corrected chi connectivity index (χ1v) is 11.4. The molecule has 3 rings (SSSR count). The van der Waals surface area contributed by atoms with Crippen LogP contribution in [0, 0.1) is 0 Å². The molecule has 0 spiro atoms. The molecule has 0 aliphatic carbocycles. The molecule has 0 aromatic heterocycles. The molecule has 1 aromatic rings. The van der Waals surface area contributed by atoms with Gasteiger partial charge in [-0.2, -0.15) is 13.2 Å². The van der Waals surface area contributed by atoms with E-state index in [0.717, 1.165) is 0 Å². The quantitative estimate of drug-likeness (QED) is 0.650. The molecule has 1 fully saturated rings. The molecule has 2 aliphatic rings. The number of nitrogen functional groups attached to an aromatic ring is 1. The van der Waals surface area contributed by atoms with Crippen LogP contribution in [-0.2, 0) is 15.7 Å². The summed E-state index contributed by atoms with van der Waals surface area (Å²) in [5.74, 6) is 0. The summed E-state index contributed by atoms with van der Waals surface area (Å²) in [5, 5.41) is 0. The number of ether oxygens (including phenoxy) is 2. The monoisotopic (exact) mass is 484 g/mol. The van der Waals surface area contributed by atoms with E-state index in [-0.39, 0.29) is 23.0 Å². The Kier molecular flexibility index (Phi) is 7.72. The average molecular weight is 485 g/mol. The molecule has 0 radical (unpaired) electrons. The number of alkyl halides is 3. The largest absolute Gasteiger partial charge is 0.444 e. The highest BCUT2D eigenvalue weighted by molar-refractivity contribution is 5.82. The zero-order chi connectivity index (χ0) is 25.3. The molecular weight excluding hydrogens is 449 g/mol. The summed E-state index contributed by atoms with van der Waals surface area (Å²) >= 11 is 0. The minimum absolute atomic E-state index is 0.00964. The minimum Gasteiger partial charge on any atom is -0.444 e. The Morgan fingerprint density at radius 2 is 1.97 bits per heavy atom. The van der Waals surface area contributed by atoms with Crippen LogP contribution in [0.5, 0.6) is 0 Å². The van der Waals surface area contributed by atoms with Crippen molar-refractivity contribution in [3.63, 3.8) is 0 Å². The molecule has 7 nitrogen and oxygen atoms in total. The molecule has 10 heteroatoms. The van der Waals surface area contributed by atoms with E-state index in [9.17, 15) is 18.0 Å². The van der Waals surface area contributed by atoms with Crippen molar-refractivity contribution < 1.29 is 27.4 Å². The van der Waals surface area contributed by atoms with E-state index in [1.54, 1.807) is 44.9 Å². The number of nitrogens with two attached hydrogens (primary N) is 1. The lowest BCUT2D eigenvalue weighted by molar-refractivity contribution is -0.137. The average Bonchev–Trinajstić information content (AvgIpc) is 2.74. The van der Waals surface area contributed by atoms with Gasteiger partial charge in [-0.1, -0.05) is 12.1 Å². The maximum absolute atomic E-state index is 14.4. The van der Waals surface area contributed by atoms with Gasteiger partial charge in [0.1, 0.15) is 5.60 Å². The number of nitrogens with zero attached hydrogens (tertiary/aromatic N) is 3. The molecule has 0 saturated carbocycles. The van der Waals surface area contributed by atoms with Gasteiger partial charge in [-0.15, -0.1) is 0 Å².